The van der Waals surface area contributed by atoms with Crippen LogP contribution in [0, 0.1) is 0 Å². The molecule has 3 rings (SSSR count). The SMILES string of the molecule is COc1ccc(S(=O)(=O)N2CCCCC2)cc1NC(=O)c1ccccc1Cl. The highest BCUT2D eigenvalue weighted by Gasteiger charge is 2.27. The number of carbonyl (C=O) groups excluding carboxylic acids is 1. The molecule has 1 fully saturated rings. The summed E-state index contributed by atoms with van der Waals surface area (Å²) in [5, 5.41) is 3.01. The van der Waals surface area contributed by atoms with Crippen LogP contribution in [0.2, 0.25) is 5.02 Å². The number of halogens is 1. The highest BCUT2D eigenvalue weighted by Crippen LogP contribution is 2.30. The van der Waals surface area contributed by atoms with Crippen molar-refractivity contribution in [3.63, 3.8) is 0 Å². The second-order valence-corrected chi connectivity index (χ2v) is 8.61. The van der Waals surface area contributed by atoms with Crippen LogP contribution in [-0.4, -0.2) is 38.8 Å². The summed E-state index contributed by atoms with van der Waals surface area (Å²) in [5.74, 6) is -0.0700. The van der Waals surface area contributed by atoms with E-state index in [0.717, 1.165) is 19.3 Å². The van der Waals surface area contributed by atoms with E-state index in [-0.39, 0.29) is 10.6 Å². The van der Waals surface area contributed by atoms with Gasteiger partial charge in [-0.15, -0.1) is 0 Å². The Bertz CT molecular complexity index is 940. The third-order valence-corrected chi connectivity index (χ3v) is 6.71. The summed E-state index contributed by atoms with van der Waals surface area (Å²) in [7, 11) is -2.16. The molecule has 0 radical (unpaired) electrons. The first kappa shape index (κ1) is 19.7. The third kappa shape index (κ3) is 4.26. The third-order valence-electron chi connectivity index (χ3n) is 4.49. The average Bonchev–Trinajstić information content (AvgIpc) is 2.69. The number of nitrogens with one attached hydrogen (secondary N) is 1. The second kappa shape index (κ2) is 8.29. The van der Waals surface area contributed by atoms with Crippen molar-refractivity contribution >= 4 is 33.2 Å². The van der Waals surface area contributed by atoms with Crippen LogP contribution in [0.3, 0.4) is 0 Å². The Balaban J connectivity index is 1.92. The van der Waals surface area contributed by atoms with Gasteiger partial charge >= 0.3 is 0 Å². The maximum atomic E-state index is 12.9. The number of carbonyl (C=O) groups is 1. The van der Waals surface area contributed by atoms with Crippen LogP contribution in [0.1, 0.15) is 29.6 Å². The summed E-state index contributed by atoms with van der Waals surface area (Å²) in [4.78, 5) is 12.7. The van der Waals surface area contributed by atoms with E-state index < -0.39 is 15.9 Å². The van der Waals surface area contributed by atoms with E-state index in [0.29, 0.717) is 29.4 Å². The van der Waals surface area contributed by atoms with Crippen molar-refractivity contribution in [2.45, 2.75) is 24.2 Å². The summed E-state index contributed by atoms with van der Waals surface area (Å²) in [6, 6.07) is 11.1. The van der Waals surface area contributed by atoms with Gasteiger partial charge in [-0.2, -0.15) is 4.31 Å². The largest absolute Gasteiger partial charge is 0.495 e. The fourth-order valence-corrected chi connectivity index (χ4v) is 4.80. The lowest BCUT2D eigenvalue weighted by molar-refractivity contribution is 0.102. The molecule has 2 aromatic carbocycles. The number of hydrogen-bond acceptors (Lipinski definition) is 4. The lowest BCUT2D eigenvalue weighted by atomic mass is 10.2. The van der Waals surface area contributed by atoms with Crippen LogP contribution in [0.25, 0.3) is 0 Å². The molecule has 0 saturated carbocycles. The predicted octanol–water partition coefficient (Wildman–Crippen LogP) is 3.78. The van der Waals surface area contributed by atoms with E-state index in [9.17, 15) is 13.2 Å². The molecule has 144 valence electrons. The molecule has 1 aliphatic heterocycles. The Morgan fingerprint density at radius 3 is 2.48 bits per heavy atom. The molecule has 0 atom stereocenters. The molecule has 1 amide bonds. The van der Waals surface area contributed by atoms with E-state index in [4.69, 9.17) is 16.3 Å². The summed E-state index contributed by atoms with van der Waals surface area (Å²) >= 11 is 6.07. The maximum Gasteiger partial charge on any atom is 0.257 e. The summed E-state index contributed by atoms with van der Waals surface area (Å²) < 4.78 is 32.6. The first-order chi connectivity index (χ1) is 12.9. The minimum atomic E-state index is -3.62. The smallest absolute Gasteiger partial charge is 0.257 e. The number of methoxy groups -OCH3 is 1. The Labute approximate surface area is 164 Å². The van der Waals surface area contributed by atoms with E-state index >= 15 is 0 Å². The van der Waals surface area contributed by atoms with Gasteiger partial charge in [0.1, 0.15) is 5.75 Å². The van der Waals surface area contributed by atoms with Gasteiger partial charge in [-0.1, -0.05) is 30.2 Å². The molecule has 0 unspecified atom stereocenters. The zero-order valence-corrected chi connectivity index (χ0v) is 16.5. The van der Waals surface area contributed by atoms with Crippen LogP contribution < -0.4 is 10.1 Å². The number of piperidine rings is 1. The van der Waals surface area contributed by atoms with Crippen molar-refractivity contribution in [3.8, 4) is 5.75 Å². The van der Waals surface area contributed by atoms with Crippen molar-refractivity contribution in [2.24, 2.45) is 0 Å². The predicted molar refractivity (Wildman–Crippen MR) is 105 cm³/mol. The molecule has 0 aliphatic carbocycles. The summed E-state index contributed by atoms with van der Waals surface area (Å²) in [6.07, 6.45) is 2.74. The lowest BCUT2D eigenvalue weighted by Crippen LogP contribution is -2.35. The number of hydrogen-bond donors (Lipinski definition) is 1. The molecule has 0 spiro atoms. The molecule has 2 aromatic rings. The normalized spacial score (nSPS) is 15.3. The molecule has 27 heavy (non-hydrogen) atoms. The minimum Gasteiger partial charge on any atom is -0.495 e. The topological polar surface area (TPSA) is 75.7 Å². The van der Waals surface area contributed by atoms with Crippen LogP contribution >= 0.6 is 11.6 Å². The number of amides is 1. The van der Waals surface area contributed by atoms with Crippen LogP contribution in [0.4, 0.5) is 5.69 Å². The number of sulfonamides is 1. The van der Waals surface area contributed by atoms with Gasteiger partial charge in [-0.25, -0.2) is 8.42 Å². The first-order valence-corrected chi connectivity index (χ1v) is 10.5. The zero-order chi connectivity index (χ0) is 19.4. The fourth-order valence-electron chi connectivity index (χ4n) is 3.03. The van der Waals surface area contributed by atoms with Crippen molar-refractivity contribution in [1.82, 2.24) is 4.31 Å². The van der Waals surface area contributed by atoms with Crippen molar-refractivity contribution < 1.29 is 17.9 Å². The van der Waals surface area contributed by atoms with Gasteiger partial charge in [-0.05, 0) is 43.2 Å². The highest BCUT2D eigenvalue weighted by atomic mass is 35.5. The molecular formula is C19H21ClN2O4S. The van der Waals surface area contributed by atoms with Gasteiger partial charge in [-0.3, -0.25) is 4.79 Å². The van der Waals surface area contributed by atoms with Gasteiger partial charge in [0, 0.05) is 13.1 Å². The van der Waals surface area contributed by atoms with E-state index in [1.807, 2.05) is 0 Å². The molecule has 1 aliphatic rings. The second-order valence-electron chi connectivity index (χ2n) is 6.26. The fraction of sp³-hybridized carbons (Fsp3) is 0.316. The maximum absolute atomic E-state index is 12.9. The number of rotatable bonds is 5. The van der Waals surface area contributed by atoms with Crippen molar-refractivity contribution in [1.29, 1.82) is 0 Å². The van der Waals surface area contributed by atoms with Crippen LogP contribution in [0.5, 0.6) is 5.75 Å². The average molecular weight is 409 g/mol. The molecule has 0 bridgehead atoms. The molecule has 8 heteroatoms. The Hall–Kier alpha value is -2.09. The number of ether oxygens (including phenoxy) is 1. The van der Waals surface area contributed by atoms with Gasteiger partial charge in [0.2, 0.25) is 10.0 Å². The Kier molecular flexibility index (Phi) is 6.04. The van der Waals surface area contributed by atoms with Gasteiger partial charge in [0.05, 0.1) is 28.3 Å². The van der Waals surface area contributed by atoms with E-state index in [1.54, 1.807) is 30.3 Å². The van der Waals surface area contributed by atoms with Gasteiger partial charge < -0.3 is 10.1 Å². The Morgan fingerprint density at radius 1 is 1.11 bits per heavy atom. The molecule has 6 nitrogen and oxygen atoms in total. The van der Waals surface area contributed by atoms with Crippen LogP contribution in [-0.2, 0) is 10.0 Å². The van der Waals surface area contributed by atoms with Gasteiger partial charge in [0.25, 0.3) is 5.91 Å². The van der Waals surface area contributed by atoms with E-state index in [2.05, 4.69) is 5.32 Å². The summed E-state index contributed by atoms with van der Waals surface area (Å²) in [6.45, 7) is 1.02. The monoisotopic (exact) mass is 408 g/mol. The number of anilines is 1. The number of benzene rings is 2. The lowest BCUT2D eigenvalue weighted by Gasteiger charge is -2.26. The summed E-state index contributed by atoms with van der Waals surface area (Å²) in [5.41, 5.74) is 0.575. The number of nitrogens with zero attached hydrogens (tertiary/aromatic N) is 1. The minimum absolute atomic E-state index is 0.125. The quantitative estimate of drug-likeness (QED) is 0.816. The molecule has 1 heterocycles. The van der Waals surface area contributed by atoms with Crippen molar-refractivity contribution in [2.75, 3.05) is 25.5 Å². The standard InChI is InChI=1S/C19H21ClN2O4S/c1-26-18-10-9-14(27(24,25)22-11-5-2-6-12-22)13-17(18)21-19(23)15-7-3-4-8-16(15)20/h3-4,7-10,13H,2,5-6,11-12H2,1H3,(H,21,23). The Morgan fingerprint density at radius 2 is 1.81 bits per heavy atom. The molecule has 1 N–H and O–H groups in total. The molecule has 0 aromatic heterocycles. The highest BCUT2D eigenvalue weighted by molar-refractivity contribution is 7.89. The van der Waals surface area contributed by atoms with E-state index in [1.165, 1.54) is 23.5 Å². The zero-order valence-electron chi connectivity index (χ0n) is 14.9. The van der Waals surface area contributed by atoms with Crippen molar-refractivity contribution in [3.05, 3.63) is 53.1 Å². The van der Waals surface area contributed by atoms with Crippen LogP contribution in [0.15, 0.2) is 47.4 Å². The van der Waals surface area contributed by atoms with Gasteiger partial charge in [0.15, 0.2) is 0 Å². The molecular weight excluding hydrogens is 388 g/mol. The first-order valence-electron chi connectivity index (χ1n) is 8.67. The molecule has 1 saturated heterocycles.